The highest BCUT2D eigenvalue weighted by Gasteiger charge is 2.48. The summed E-state index contributed by atoms with van der Waals surface area (Å²) in [7, 11) is 1.63. The van der Waals surface area contributed by atoms with Gasteiger partial charge in [-0.2, -0.15) is 31.6 Å². The summed E-state index contributed by atoms with van der Waals surface area (Å²) in [5.74, 6) is -0.386. The maximum Gasteiger partial charge on any atom is 0.416 e. The molecule has 2 aromatic carbocycles. The van der Waals surface area contributed by atoms with Crippen LogP contribution in [0.2, 0.25) is 0 Å². The molecule has 254 valence electrons. The van der Waals surface area contributed by atoms with Crippen molar-refractivity contribution in [2.24, 2.45) is 12.5 Å². The molecule has 4 aromatic rings. The van der Waals surface area contributed by atoms with E-state index in [0.717, 1.165) is 55.5 Å². The number of fused-ring (bicyclic) bond motifs is 1. The molecule has 0 radical (unpaired) electrons. The lowest BCUT2D eigenvalue weighted by Crippen LogP contribution is -2.24. The monoisotopic (exact) mass is 680 g/mol. The number of carbonyl (C=O) groups is 1. The summed E-state index contributed by atoms with van der Waals surface area (Å²) in [4.78, 5) is 21.7. The number of hydrogen-bond donors (Lipinski definition) is 1. The van der Waals surface area contributed by atoms with Crippen LogP contribution in [0.4, 0.5) is 38.0 Å². The molecule has 1 aliphatic carbocycles. The normalized spacial score (nSPS) is 17.1. The molecular formula is C34H30F6N8O. The Morgan fingerprint density at radius 3 is 2.43 bits per heavy atom. The summed E-state index contributed by atoms with van der Waals surface area (Å²) in [5, 5.41) is 19.9. The third-order valence-electron chi connectivity index (χ3n) is 9.53. The minimum Gasteiger partial charge on any atom is -0.369 e. The van der Waals surface area contributed by atoms with Gasteiger partial charge < -0.3 is 9.88 Å². The molecule has 2 aliphatic heterocycles. The molecule has 0 unspecified atom stereocenters. The highest BCUT2D eigenvalue weighted by atomic mass is 19.4. The van der Waals surface area contributed by atoms with Crippen molar-refractivity contribution >= 4 is 17.5 Å². The van der Waals surface area contributed by atoms with E-state index >= 15 is 0 Å². The molecule has 3 aliphatic rings. The molecule has 0 bridgehead atoms. The Morgan fingerprint density at radius 2 is 1.78 bits per heavy atom. The van der Waals surface area contributed by atoms with Gasteiger partial charge in [0.05, 0.1) is 30.2 Å². The van der Waals surface area contributed by atoms with Gasteiger partial charge >= 0.3 is 12.4 Å². The fourth-order valence-corrected chi connectivity index (χ4v) is 6.83. The van der Waals surface area contributed by atoms with Gasteiger partial charge in [-0.15, -0.1) is 10.2 Å². The van der Waals surface area contributed by atoms with Crippen molar-refractivity contribution in [2.45, 2.75) is 51.1 Å². The summed E-state index contributed by atoms with van der Waals surface area (Å²) in [6.07, 6.45) is -4.72. The highest BCUT2D eigenvalue weighted by molar-refractivity contribution is 6.10. The fourth-order valence-electron chi connectivity index (χ4n) is 6.83. The Labute approximate surface area is 277 Å². The molecule has 9 nitrogen and oxygen atoms in total. The van der Waals surface area contributed by atoms with Crippen LogP contribution in [0.15, 0.2) is 48.8 Å². The lowest BCUT2D eigenvalue weighted by molar-refractivity contribution is -0.138. The lowest BCUT2D eigenvalue weighted by atomic mass is 9.96. The van der Waals surface area contributed by atoms with Crippen LogP contribution >= 0.6 is 0 Å². The molecule has 1 amide bonds. The van der Waals surface area contributed by atoms with Gasteiger partial charge in [0.2, 0.25) is 0 Å². The summed E-state index contributed by atoms with van der Waals surface area (Å²) >= 11 is 0. The van der Waals surface area contributed by atoms with Crippen LogP contribution in [0, 0.1) is 16.7 Å². The van der Waals surface area contributed by atoms with E-state index in [1.807, 2.05) is 6.07 Å². The molecule has 1 saturated heterocycles. The SMILES string of the molecule is Cn1cnnc1-c1ccc(C(F)(F)F)cc1-c1cc(NCCC#N)nc(N2Cc3c(cc(CN4CCC5(CC5)C4)cc3C(F)(F)F)C2=O)c1. The predicted octanol–water partition coefficient (Wildman–Crippen LogP) is 7.05. The number of amides is 1. The first-order valence-electron chi connectivity index (χ1n) is 15.7. The first-order chi connectivity index (χ1) is 23.2. The van der Waals surface area contributed by atoms with E-state index in [1.165, 1.54) is 35.2 Å². The van der Waals surface area contributed by atoms with Gasteiger partial charge in [-0.3, -0.25) is 14.6 Å². The van der Waals surface area contributed by atoms with Gasteiger partial charge in [-0.25, -0.2) is 4.98 Å². The number of pyridine rings is 1. The van der Waals surface area contributed by atoms with Crippen molar-refractivity contribution in [2.75, 3.05) is 29.9 Å². The number of aryl methyl sites for hydroxylation is 1. The van der Waals surface area contributed by atoms with Crippen LogP contribution in [-0.2, 0) is 32.5 Å². The number of rotatable bonds is 8. The standard InChI is InChI=1S/C34H30F6N8O/c1-46-19-43-45-30(46)23-4-3-22(33(35,36)37)15-24(23)21-13-28(42-9-2-8-41)44-29(14-21)48-17-26-25(31(48)49)11-20(12-27(26)34(38,39)40)16-47-10-7-32(18-47)5-6-32/h3-4,11-15,19H,2,5-7,9-10,16-18H2,1H3,(H,42,44). The molecule has 0 atom stereocenters. The van der Waals surface area contributed by atoms with Crippen molar-refractivity contribution in [1.29, 1.82) is 5.26 Å². The number of carbonyl (C=O) groups excluding carboxylic acids is 1. The number of aromatic nitrogens is 4. The Balaban J connectivity index is 1.31. The van der Waals surface area contributed by atoms with E-state index in [2.05, 4.69) is 25.4 Å². The maximum absolute atomic E-state index is 14.5. The molecule has 1 saturated carbocycles. The van der Waals surface area contributed by atoms with Crippen molar-refractivity contribution in [1.82, 2.24) is 24.6 Å². The first-order valence-corrected chi connectivity index (χ1v) is 15.7. The second-order valence-corrected chi connectivity index (χ2v) is 13.0. The molecule has 1 spiro atoms. The number of halogens is 6. The van der Waals surface area contributed by atoms with E-state index in [9.17, 15) is 31.1 Å². The van der Waals surface area contributed by atoms with Crippen LogP contribution in [-0.4, -0.2) is 50.2 Å². The number of nitrogens with zero attached hydrogens (tertiary/aromatic N) is 7. The van der Waals surface area contributed by atoms with Crippen molar-refractivity contribution in [3.63, 3.8) is 0 Å². The zero-order valence-electron chi connectivity index (χ0n) is 26.3. The molecule has 2 aromatic heterocycles. The lowest BCUT2D eigenvalue weighted by Gasteiger charge is -2.20. The van der Waals surface area contributed by atoms with E-state index < -0.39 is 35.9 Å². The van der Waals surface area contributed by atoms with Crippen molar-refractivity contribution in [3.8, 4) is 28.6 Å². The highest BCUT2D eigenvalue weighted by Crippen LogP contribution is 2.53. The minimum absolute atomic E-state index is 0.0654. The average molecular weight is 681 g/mol. The Bertz CT molecular complexity index is 1990. The molecule has 2 fully saturated rings. The second-order valence-electron chi connectivity index (χ2n) is 13.0. The molecule has 15 heteroatoms. The van der Waals surface area contributed by atoms with Gasteiger partial charge in [0.15, 0.2) is 5.82 Å². The van der Waals surface area contributed by atoms with Crippen LogP contribution in [0.5, 0.6) is 0 Å². The summed E-state index contributed by atoms with van der Waals surface area (Å²) < 4.78 is 86.9. The number of alkyl halides is 6. The van der Waals surface area contributed by atoms with Gasteiger partial charge in [-0.05, 0) is 95.9 Å². The van der Waals surface area contributed by atoms with Gasteiger partial charge in [0.25, 0.3) is 5.91 Å². The molecule has 49 heavy (non-hydrogen) atoms. The van der Waals surface area contributed by atoms with Crippen LogP contribution in [0.1, 0.15) is 58.3 Å². The van der Waals surface area contributed by atoms with Crippen LogP contribution < -0.4 is 10.2 Å². The second kappa shape index (κ2) is 11.9. The first kappa shape index (κ1) is 32.6. The number of nitriles is 1. The minimum atomic E-state index is -4.73. The van der Waals surface area contributed by atoms with Gasteiger partial charge in [0, 0.05) is 37.8 Å². The Morgan fingerprint density at radius 1 is 0.980 bits per heavy atom. The van der Waals surface area contributed by atoms with Gasteiger partial charge in [-0.1, -0.05) is 0 Å². The summed E-state index contributed by atoms with van der Waals surface area (Å²) in [5.41, 5.74) is -0.888. The zero-order chi connectivity index (χ0) is 34.7. The van der Waals surface area contributed by atoms with E-state index in [-0.39, 0.29) is 64.6 Å². The summed E-state index contributed by atoms with van der Waals surface area (Å²) in [6.45, 7) is 1.56. The Hall–Kier alpha value is -4.97. The smallest absolute Gasteiger partial charge is 0.369 e. The number of nitrogens with one attached hydrogen (secondary N) is 1. The van der Waals surface area contributed by atoms with Gasteiger partial charge in [0.1, 0.15) is 18.0 Å². The third-order valence-corrected chi connectivity index (χ3v) is 9.53. The van der Waals surface area contributed by atoms with Crippen molar-refractivity contribution in [3.05, 3.63) is 76.6 Å². The quantitative estimate of drug-likeness (QED) is 0.157. The molecule has 4 heterocycles. The van der Waals surface area contributed by atoms with E-state index in [1.54, 1.807) is 7.05 Å². The van der Waals surface area contributed by atoms with Crippen molar-refractivity contribution < 1.29 is 31.1 Å². The topological polar surface area (TPSA) is 103 Å². The zero-order valence-corrected chi connectivity index (χ0v) is 26.3. The van der Waals surface area contributed by atoms with Crippen LogP contribution in [0.3, 0.4) is 0 Å². The number of hydrogen-bond acceptors (Lipinski definition) is 7. The fraction of sp³-hybridized carbons (Fsp3) is 0.382. The number of likely N-dealkylation sites (tertiary alicyclic amines) is 1. The number of anilines is 2. The van der Waals surface area contributed by atoms with E-state index in [4.69, 9.17) is 5.26 Å². The van der Waals surface area contributed by atoms with Crippen LogP contribution in [0.25, 0.3) is 22.5 Å². The molecule has 1 N–H and O–H groups in total. The predicted molar refractivity (Wildman–Crippen MR) is 167 cm³/mol. The largest absolute Gasteiger partial charge is 0.416 e. The maximum atomic E-state index is 14.5. The van der Waals surface area contributed by atoms with E-state index in [0.29, 0.717) is 11.1 Å². The average Bonchev–Trinajstić information content (AvgIpc) is 3.31. The third kappa shape index (κ3) is 6.32. The number of benzene rings is 2. The molecule has 7 rings (SSSR count). The summed E-state index contributed by atoms with van der Waals surface area (Å²) in [6, 6.07) is 10.6. The molecular weight excluding hydrogens is 650 g/mol. The Kier molecular flexibility index (Phi) is 7.89.